The van der Waals surface area contributed by atoms with E-state index < -0.39 is 0 Å². The zero-order valence-electron chi connectivity index (χ0n) is 13.4. The van der Waals surface area contributed by atoms with Crippen molar-refractivity contribution in [1.82, 2.24) is 14.7 Å². The van der Waals surface area contributed by atoms with Crippen LogP contribution in [0, 0.1) is 0 Å². The lowest BCUT2D eigenvalue weighted by molar-refractivity contribution is 0.000680. The van der Waals surface area contributed by atoms with Crippen LogP contribution < -0.4 is 10.9 Å². The smallest absolute Gasteiger partial charge is 0.283 e. The van der Waals surface area contributed by atoms with Gasteiger partial charge >= 0.3 is 0 Å². The molecule has 6 nitrogen and oxygen atoms in total. The fourth-order valence-corrected chi connectivity index (χ4v) is 2.24. The standard InChI is InChI=1S/C14H25BrN4O2/c1-6-21-14(2,3)10-16-11-9-17-19(8-7-18(4)5)13(20)12(11)15/h9,16H,6-8,10H2,1-5H3. The van der Waals surface area contributed by atoms with Gasteiger partial charge in [-0.2, -0.15) is 5.10 Å². The van der Waals surface area contributed by atoms with E-state index in [0.717, 1.165) is 6.54 Å². The largest absolute Gasteiger partial charge is 0.380 e. The van der Waals surface area contributed by atoms with Gasteiger partial charge in [0.25, 0.3) is 5.56 Å². The van der Waals surface area contributed by atoms with Crippen LogP contribution in [0.5, 0.6) is 0 Å². The number of halogens is 1. The number of hydrogen-bond donors (Lipinski definition) is 1. The van der Waals surface area contributed by atoms with E-state index in [2.05, 4.69) is 26.3 Å². The summed E-state index contributed by atoms with van der Waals surface area (Å²) in [5.74, 6) is 0. The van der Waals surface area contributed by atoms with Crippen molar-refractivity contribution >= 4 is 21.6 Å². The molecule has 1 rings (SSSR count). The fourth-order valence-electron chi connectivity index (χ4n) is 1.79. The fraction of sp³-hybridized carbons (Fsp3) is 0.714. The second-order valence-corrected chi connectivity index (χ2v) is 6.54. The highest BCUT2D eigenvalue weighted by Gasteiger charge is 2.18. The minimum absolute atomic E-state index is 0.129. The van der Waals surface area contributed by atoms with Gasteiger partial charge < -0.3 is 15.0 Å². The van der Waals surface area contributed by atoms with Crippen molar-refractivity contribution in [3.8, 4) is 0 Å². The van der Waals surface area contributed by atoms with Crippen molar-refractivity contribution in [2.45, 2.75) is 32.9 Å². The lowest BCUT2D eigenvalue weighted by atomic mass is 10.1. The number of rotatable bonds is 8. The molecule has 0 saturated carbocycles. The molecular formula is C14H25BrN4O2. The minimum atomic E-state index is -0.298. The van der Waals surface area contributed by atoms with Gasteiger partial charge in [-0.05, 0) is 50.8 Å². The maximum absolute atomic E-state index is 12.2. The van der Waals surface area contributed by atoms with Gasteiger partial charge in [0, 0.05) is 19.7 Å². The summed E-state index contributed by atoms with van der Waals surface area (Å²) in [5, 5.41) is 7.41. The van der Waals surface area contributed by atoms with Gasteiger partial charge in [0.05, 0.1) is 24.0 Å². The molecule has 0 atom stereocenters. The Kier molecular flexibility index (Phi) is 6.83. The van der Waals surface area contributed by atoms with Gasteiger partial charge in [-0.25, -0.2) is 4.68 Å². The van der Waals surface area contributed by atoms with Gasteiger partial charge in [0.2, 0.25) is 0 Å². The Hall–Kier alpha value is -0.920. The first kappa shape index (κ1) is 18.1. The van der Waals surface area contributed by atoms with Crippen LogP contribution in [0.25, 0.3) is 0 Å². The van der Waals surface area contributed by atoms with Gasteiger partial charge in [0.15, 0.2) is 0 Å². The highest BCUT2D eigenvalue weighted by Crippen LogP contribution is 2.18. The van der Waals surface area contributed by atoms with E-state index >= 15 is 0 Å². The average molecular weight is 361 g/mol. The molecule has 120 valence electrons. The van der Waals surface area contributed by atoms with Crippen molar-refractivity contribution in [1.29, 1.82) is 0 Å². The summed E-state index contributed by atoms with van der Waals surface area (Å²) in [4.78, 5) is 14.2. The quantitative estimate of drug-likeness (QED) is 0.765. The van der Waals surface area contributed by atoms with Crippen LogP contribution >= 0.6 is 15.9 Å². The molecule has 0 aromatic carbocycles. The minimum Gasteiger partial charge on any atom is -0.380 e. The van der Waals surface area contributed by atoms with Gasteiger partial charge in [-0.15, -0.1) is 0 Å². The summed E-state index contributed by atoms with van der Waals surface area (Å²) in [5.41, 5.74) is 0.262. The maximum Gasteiger partial charge on any atom is 0.283 e. The monoisotopic (exact) mass is 360 g/mol. The molecule has 0 aliphatic heterocycles. The van der Waals surface area contributed by atoms with Gasteiger partial charge in [-0.3, -0.25) is 4.79 Å². The summed E-state index contributed by atoms with van der Waals surface area (Å²) in [6, 6.07) is 0. The topological polar surface area (TPSA) is 59.4 Å². The van der Waals surface area contributed by atoms with Crippen molar-refractivity contribution in [3.63, 3.8) is 0 Å². The lowest BCUT2D eigenvalue weighted by Gasteiger charge is -2.25. The second kappa shape index (κ2) is 7.91. The zero-order valence-corrected chi connectivity index (χ0v) is 15.0. The number of ether oxygens (including phenoxy) is 1. The number of likely N-dealkylation sites (N-methyl/N-ethyl adjacent to an activating group) is 1. The molecule has 1 aromatic heterocycles. The molecule has 0 fully saturated rings. The van der Waals surface area contributed by atoms with E-state index in [4.69, 9.17) is 4.74 Å². The van der Waals surface area contributed by atoms with Crippen LogP contribution in [0.4, 0.5) is 5.69 Å². The molecule has 0 radical (unpaired) electrons. The Balaban J connectivity index is 2.78. The summed E-state index contributed by atoms with van der Waals surface area (Å²) in [7, 11) is 3.93. The molecule has 0 amide bonds. The molecular weight excluding hydrogens is 336 g/mol. The molecule has 0 aliphatic carbocycles. The van der Waals surface area contributed by atoms with E-state index in [1.54, 1.807) is 6.20 Å². The molecule has 1 aromatic rings. The first-order chi connectivity index (χ1) is 9.76. The number of aromatic nitrogens is 2. The average Bonchev–Trinajstić information content (AvgIpc) is 2.39. The molecule has 0 bridgehead atoms. The Bertz CT molecular complexity index is 514. The third-order valence-corrected chi connectivity index (χ3v) is 3.75. The Morgan fingerprint density at radius 2 is 2.14 bits per heavy atom. The molecule has 21 heavy (non-hydrogen) atoms. The lowest BCUT2D eigenvalue weighted by Crippen LogP contribution is -2.34. The van der Waals surface area contributed by atoms with E-state index in [1.165, 1.54) is 4.68 Å². The van der Waals surface area contributed by atoms with Crippen LogP contribution in [-0.2, 0) is 11.3 Å². The van der Waals surface area contributed by atoms with E-state index in [-0.39, 0.29) is 11.2 Å². The van der Waals surface area contributed by atoms with Crippen LogP contribution in [-0.4, -0.2) is 54.1 Å². The summed E-state index contributed by atoms with van der Waals surface area (Å²) < 4.78 is 7.59. The van der Waals surface area contributed by atoms with Crippen LogP contribution in [0.1, 0.15) is 20.8 Å². The predicted molar refractivity (Wildman–Crippen MR) is 88.9 cm³/mol. The molecule has 0 spiro atoms. The van der Waals surface area contributed by atoms with Crippen molar-refractivity contribution in [2.24, 2.45) is 0 Å². The van der Waals surface area contributed by atoms with E-state index in [0.29, 0.717) is 29.9 Å². The Labute approximate surface area is 134 Å². The van der Waals surface area contributed by atoms with Crippen LogP contribution in [0.3, 0.4) is 0 Å². The molecule has 1 N–H and O–H groups in total. The second-order valence-electron chi connectivity index (χ2n) is 5.75. The number of nitrogens with zero attached hydrogens (tertiary/aromatic N) is 3. The SMILES string of the molecule is CCOC(C)(C)CNc1cnn(CCN(C)C)c(=O)c1Br. The molecule has 0 saturated heterocycles. The maximum atomic E-state index is 12.2. The molecule has 0 aliphatic rings. The predicted octanol–water partition coefficient (Wildman–Crippen LogP) is 1.79. The summed E-state index contributed by atoms with van der Waals surface area (Å²) in [6.45, 7) is 8.55. The van der Waals surface area contributed by atoms with Crippen LogP contribution in [0.15, 0.2) is 15.5 Å². The summed E-state index contributed by atoms with van der Waals surface area (Å²) in [6.07, 6.45) is 1.67. The van der Waals surface area contributed by atoms with Crippen LogP contribution in [0.2, 0.25) is 0 Å². The number of nitrogens with one attached hydrogen (secondary N) is 1. The van der Waals surface area contributed by atoms with Crippen molar-refractivity contribution in [2.75, 3.05) is 39.1 Å². The molecule has 7 heteroatoms. The van der Waals surface area contributed by atoms with E-state index in [1.807, 2.05) is 39.8 Å². The molecule has 0 unspecified atom stereocenters. The van der Waals surface area contributed by atoms with Crippen molar-refractivity contribution in [3.05, 3.63) is 21.0 Å². The number of anilines is 1. The zero-order chi connectivity index (χ0) is 16.0. The van der Waals surface area contributed by atoms with Gasteiger partial charge in [-0.1, -0.05) is 0 Å². The number of hydrogen-bond acceptors (Lipinski definition) is 5. The Morgan fingerprint density at radius 3 is 2.71 bits per heavy atom. The van der Waals surface area contributed by atoms with Crippen molar-refractivity contribution < 1.29 is 4.74 Å². The third kappa shape index (κ3) is 5.76. The third-order valence-electron chi connectivity index (χ3n) is 2.98. The molecule has 1 heterocycles. The van der Waals surface area contributed by atoms with Gasteiger partial charge in [0.1, 0.15) is 4.47 Å². The normalized spacial score (nSPS) is 12.0. The first-order valence-corrected chi connectivity index (χ1v) is 7.84. The Morgan fingerprint density at radius 1 is 1.48 bits per heavy atom. The van der Waals surface area contributed by atoms with E-state index in [9.17, 15) is 4.79 Å². The highest BCUT2D eigenvalue weighted by atomic mass is 79.9. The highest BCUT2D eigenvalue weighted by molar-refractivity contribution is 9.10. The summed E-state index contributed by atoms with van der Waals surface area (Å²) >= 11 is 3.35. The first-order valence-electron chi connectivity index (χ1n) is 7.05.